The van der Waals surface area contributed by atoms with Crippen molar-refractivity contribution in [3.63, 3.8) is 0 Å². The first-order valence-electron chi connectivity index (χ1n) is 5.68. The molecule has 3 nitrogen and oxygen atoms in total. The Morgan fingerprint density at radius 2 is 1.90 bits per heavy atom. The lowest BCUT2D eigenvalue weighted by Crippen LogP contribution is -2.21. The van der Waals surface area contributed by atoms with Gasteiger partial charge in [0.15, 0.2) is 6.04 Å². The van der Waals surface area contributed by atoms with Crippen LogP contribution < -0.4 is 5.32 Å². The predicted molar refractivity (Wildman–Crippen MR) is 82.2 cm³/mol. The molecule has 0 fully saturated rings. The van der Waals surface area contributed by atoms with E-state index in [1.807, 2.05) is 6.07 Å². The fourth-order valence-electron chi connectivity index (χ4n) is 1.74. The molecule has 1 atom stereocenters. The number of carbonyl (C=O) groups is 1. The zero-order chi connectivity index (χ0) is 14.7. The average Bonchev–Trinajstić information content (AvgIpc) is 2.38. The smallest absolute Gasteiger partial charge is 0.330 e. The first-order valence-corrected chi connectivity index (χ1v) is 7.26. The molecule has 0 amide bonds. The Labute approximate surface area is 132 Å². The van der Waals surface area contributed by atoms with Crippen molar-refractivity contribution < 1.29 is 14.3 Å². The molecule has 20 heavy (non-hydrogen) atoms. The summed E-state index contributed by atoms with van der Waals surface area (Å²) >= 11 is 6.47. The summed E-state index contributed by atoms with van der Waals surface area (Å²) in [6, 6.07) is 10.2. The second-order valence-corrected chi connectivity index (χ2v) is 5.83. The topological polar surface area (TPSA) is 49.3 Å². The lowest BCUT2D eigenvalue weighted by Gasteiger charge is -2.18. The van der Waals surface area contributed by atoms with Crippen LogP contribution in [0.3, 0.4) is 0 Å². The van der Waals surface area contributed by atoms with Crippen LogP contribution in [-0.2, 0) is 4.79 Å². The third-order valence-electron chi connectivity index (χ3n) is 2.69. The molecule has 0 spiro atoms. The van der Waals surface area contributed by atoms with E-state index in [0.29, 0.717) is 14.6 Å². The normalized spacial score (nSPS) is 11.9. The molecule has 0 heterocycles. The Morgan fingerprint density at radius 1 is 1.20 bits per heavy atom. The van der Waals surface area contributed by atoms with E-state index in [9.17, 15) is 14.3 Å². The van der Waals surface area contributed by atoms with E-state index in [2.05, 4.69) is 37.2 Å². The van der Waals surface area contributed by atoms with E-state index >= 15 is 0 Å². The van der Waals surface area contributed by atoms with Gasteiger partial charge in [0.1, 0.15) is 5.82 Å². The maximum Gasteiger partial charge on any atom is 0.330 e. The largest absolute Gasteiger partial charge is 0.479 e. The standard InChI is InChI=1S/C14H10Br2FNO2/c15-8-5-6-9(11(17)7-8)13(14(19)20)18-12-4-2-1-3-10(12)16/h1-7,13,18H,(H,19,20). The summed E-state index contributed by atoms with van der Waals surface area (Å²) in [4.78, 5) is 11.4. The van der Waals surface area contributed by atoms with Crippen LogP contribution in [0.25, 0.3) is 0 Å². The number of anilines is 1. The van der Waals surface area contributed by atoms with Crippen molar-refractivity contribution in [3.05, 3.63) is 62.8 Å². The van der Waals surface area contributed by atoms with Gasteiger partial charge in [0.2, 0.25) is 0 Å². The van der Waals surface area contributed by atoms with Crippen molar-refractivity contribution in [1.82, 2.24) is 0 Å². The minimum absolute atomic E-state index is 0.0800. The van der Waals surface area contributed by atoms with Gasteiger partial charge in [-0.2, -0.15) is 0 Å². The Balaban J connectivity index is 2.37. The van der Waals surface area contributed by atoms with Crippen LogP contribution in [0.1, 0.15) is 11.6 Å². The Morgan fingerprint density at radius 3 is 2.50 bits per heavy atom. The number of carboxylic acids is 1. The molecule has 0 aromatic heterocycles. The number of rotatable bonds is 4. The lowest BCUT2D eigenvalue weighted by atomic mass is 10.1. The number of para-hydroxylation sites is 1. The van der Waals surface area contributed by atoms with Crippen molar-refractivity contribution in [2.45, 2.75) is 6.04 Å². The molecule has 0 saturated heterocycles. The van der Waals surface area contributed by atoms with Gasteiger partial charge in [0, 0.05) is 20.2 Å². The summed E-state index contributed by atoms with van der Waals surface area (Å²) in [5.41, 5.74) is 0.665. The van der Waals surface area contributed by atoms with Crippen LogP contribution in [0.2, 0.25) is 0 Å². The van der Waals surface area contributed by atoms with Gasteiger partial charge >= 0.3 is 5.97 Å². The van der Waals surface area contributed by atoms with Crippen LogP contribution in [0.5, 0.6) is 0 Å². The highest BCUT2D eigenvalue weighted by atomic mass is 79.9. The van der Waals surface area contributed by atoms with Gasteiger partial charge in [0.05, 0.1) is 0 Å². The summed E-state index contributed by atoms with van der Waals surface area (Å²) in [7, 11) is 0. The minimum atomic E-state index is -1.17. The second kappa shape index (κ2) is 6.37. The van der Waals surface area contributed by atoms with Gasteiger partial charge in [-0.25, -0.2) is 9.18 Å². The molecule has 2 N–H and O–H groups in total. The summed E-state index contributed by atoms with van der Waals surface area (Å²) < 4.78 is 15.2. The van der Waals surface area contributed by atoms with Crippen molar-refractivity contribution in [1.29, 1.82) is 0 Å². The first kappa shape index (κ1) is 15.0. The number of carboxylic acid groups (broad SMARTS) is 1. The summed E-state index contributed by atoms with van der Waals surface area (Å²) in [5, 5.41) is 12.1. The molecule has 0 aliphatic heterocycles. The number of benzene rings is 2. The molecule has 0 aliphatic carbocycles. The Kier molecular flexibility index (Phi) is 4.77. The predicted octanol–water partition coefficient (Wildman–Crippen LogP) is 4.59. The molecule has 0 bridgehead atoms. The van der Waals surface area contributed by atoms with E-state index < -0.39 is 17.8 Å². The quantitative estimate of drug-likeness (QED) is 0.786. The van der Waals surface area contributed by atoms with E-state index in [4.69, 9.17) is 0 Å². The molecule has 0 aliphatic rings. The number of hydrogen-bond acceptors (Lipinski definition) is 2. The molecular weight excluding hydrogens is 393 g/mol. The fraction of sp³-hybridized carbons (Fsp3) is 0.0714. The van der Waals surface area contributed by atoms with Crippen LogP contribution in [0.15, 0.2) is 51.4 Å². The number of hydrogen-bond donors (Lipinski definition) is 2. The van der Waals surface area contributed by atoms with Crippen molar-refractivity contribution >= 4 is 43.5 Å². The van der Waals surface area contributed by atoms with Gasteiger partial charge in [-0.1, -0.05) is 34.1 Å². The summed E-state index contributed by atoms with van der Waals surface area (Å²) in [6.07, 6.45) is 0. The van der Waals surface area contributed by atoms with Crippen LogP contribution in [-0.4, -0.2) is 11.1 Å². The molecule has 0 saturated carbocycles. The SMILES string of the molecule is O=C(O)C(Nc1ccccc1Br)c1ccc(Br)cc1F. The monoisotopic (exact) mass is 401 g/mol. The highest BCUT2D eigenvalue weighted by molar-refractivity contribution is 9.10. The first-order chi connectivity index (χ1) is 9.49. The average molecular weight is 403 g/mol. The maximum atomic E-state index is 13.9. The third kappa shape index (κ3) is 3.37. The highest BCUT2D eigenvalue weighted by Crippen LogP contribution is 2.28. The van der Waals surface area contributed by atoms with Crippen molar-refractivity contribution in [3.8, 4) is 0 Å². The van der Waals surface area contributed by atoms with Crippen LogP contribution >= 0.6 is 31.9 Å². The molecule has 0 radical (unpaired) electrons. The van der Waals surface area contributed by atoms with Gasteiger partial charge in [-0.15, -0.1) is 0 Å². The van der Waals surface area contributed by atoms with Crippen LogP contribution in [0, 0.1) is 5.82 Å². The number of halogens is 3. The molecular formula is C14H10Br2FNO2. The van der Waals surface area contributed by atoms with E-state index in [-0.39, 0.29) is 5.56 Å². The van der Waals surface area contributed by atoms with Gasteiger partial charge in [0.25, 0.3) is 0 Å². The molecule has 2 aromatic rings. The summed E-state index contributed by atoms with van der Waals surface area (Å²) in [6.45, 7) is 0. The van der Waals surface area contributed by atoms with Crippen molar-refractivity contribution in [2.24, 2.45) is 0 Å². The summed E-state index contributed by atoms with van der Waals surface area (Å²) in [5.74, 6) is -1.73. The molecule has 2 aromatic carbocycles. The van der Waals surface area contributed by atoms with Gasteiger partial charge in [-0.3, -0.25) is 0 Å². The van der Waals surface area contributed by atoms with Gasteiger partial charge in [-0.05, 0) is 40.2 Å². The molecule has 2 rings (SSSR count). The van der Waals surface area contributed by atoms with Crippen molar-refractivity contribution in [2.75, 3.05) is 5.32 Å². The Hall–Kier alpha value is -1.40. The minimum Gasteiger partial charge on any atom is -0.479 e. The second-order valence-electron chi connectivity index (χ2n) is 4.06. The van der Waals surface area contributed by atoms with E-state index in [1.165, 1.54) is 12.1 Å². The molecule has 1 unspecified atom stereocenters. The zero-order valence-electron chi connectivity index (χ0n) is 10.1. The fourth-order valence-corrected chi connectivity index (χ4v) is 2.47. The zero-order valence-corrected chi connectivity index (χ0v) is 13.3. The van der Waals surface area contributed by atoms with E-state index in [1.54, 1.807) is 24.3 Å². The lowest BCUT2D eigenvalue weighted by molar-refractivity contribution is -0.138. The molecule has 104 valence electrons. The highest BCUT2D eigenvalue weighted by Gasteiger charge is 2.23. The molecule has 6 heteroatoms. The maximum absolute atomic E-state index is 13.9. The van der Waals surface area contributed by atoms with Crippen LogP contribution in [0.4, 0.5) is 10.1 Å². The van der Waals surface area contributed by atoms with E-state index in [0.717, 1.165) is 0 Å². The number of aliphatic carboxylic acids is 1. The number of nitrogens with one attached hydrogen (secondary N) is 1. The Bertz CT molecular complexity index is 649. The third-order valence-corrected chi connectivity index (χ3v) is 3.88. The van der Waals surface area contributed by atoms with Gasteiger partial charge < -0.3 is 10.4 Å².